The van der Waals surface area contributed by atoms with Gasteiger partial charge in [0.15, 0.2) is 11.9 Å². The first-order valence-corrected chi connectivity index (χ1v) is 7.76. The molecule has 0 bridgehead atoms. The molecule has 132 valence electrons. The van der Waals surface area contributed by atoms with Gasteiger partial charge in [-0.15, -0.1) is 0 Å². The monoisotopic (exact) mass is 338 g/mol. The minimum Gasteiger partial charge on any atom is -0.494 e. The van der Waals surface area contributed by atoms with E-state index < -0.39 is 36.8 Å². The maximum atomic E-state index is 10.2. The first-order chi connectivity index (χ1) is 11.4. The van der Waals surface area contributed by atoms with E-state index in [2.05, 4.69) is 16.6 Å². The Kier molecular flexibility index (Phi) is 4.45. The van der Waals surface area contributed by atoms with Gasteiger partial charge >= 0.3 is 0 Å². The number of ether oxygens (including phenoxy) is 2. The Labute approximate surface area is 139 Å². The molecule has 0 aromatic rings. The van der Waals surface area contributed by atoms with Crippen molar-refractivity contribution in [1.82, 2.24) is 4.90 Å². The number of aliphatic hydroxyl groups is 3. The molecule has 3 heterocycles. The highest BCUT2D eigenvalue weighted by Crippen LogP contribution is 2.35. The Morgan fingerprint density at radius 2 is 2.29 bits per heavy atom. The third kappa shape index (κ3) is 2.45. The van der Waals surface area contributed by atoms with Crippen LogP contribution in [0, 0.1) is 0 Å². The predicted molar refractivity (Wildman–Crippen MR) is 86.2 cm³/mol. The fourth-order valence-corrected chi connectivity index (χ4v) is 3.10. The molecule has 0 saturated carbocycles. The first kappa shape index (κ1) is 17.1. The molecule has 1 unspecified atom stereocenters. The second-order valence-corrected chi connectivity index (χ2v) is 5.82. The van der Waals surface area contributed by atoms with Gasteiger partial charge in [0.2, 0.25) is 0 Å². The van der Waals surface area contributed by atoms with Crippen LogP contribution in [0.1, 0.15) is 6.92 Å². The molecule has 0 amide bonds. The predicted octanol–water partition coefficient (Wildman–Crippen LogP) is -1.69. The molecule has 0 aromatic heterocycles. The van der Waals surface area contributed by atoms with Crippen molar-refractivity contribution in [2.75, 3.05) is 19.8 Å². The average molecular weight is 338 g/mol. The van der Waals surface area contributed by atoms with E-state index in [1.807, 2.05) is 13.0 Å². The molecule has 1 fully saturated rings. The molecule has 5 atom stereocenters. The molecule has 9 nitrogen and oxygen atoms in total. The maximum absolute atomic E-state index is 10.2. The van der Waals surface area contributed by atoms with Gasteiger partial charge < -0.3 is 29.7 Å². The molecule has 3 rings (SSSR count). The largest absolute Gasteiger partial charge is 0.494 e. The van der Waals surface area contributed by atoms with Gasteiger partial charge in [0.25, 0.3) is 0 Å². The van der Waals surface area contributed by atoms with Crippen LogP contribution in [0.15, 0.2) is 34.0 Å². The first-order valence-electron chi connectivity index (χ1n) is 7.76. The van der Waals surface area contributed by atoms with Crippen molar-refractivity contribution in [2.45, 2.75) is 37.1 Å². The Bertz CT molecular complexity index is 619. The number of aliphatic imine (C=N–C) groups is 2. The summed E-state index contributed by atoms with van der Waals surface area (Å²) >= 11 is 0. The van der Waals surface area contributed by atoms with Gasteiger partial charge in [0.05, 0.1) is 13.2 Å². The van der Waals surface area contributed by atoms with Gasteiger partial charge in [-0.3, -0.25) is 5.73 Å². The minimum atomic E-state index is -1.26. The molecular weight excluding hydrogens is 316 g/mol. The van der Waals surface area contributed by atoms with Crippen LogP contribution in [-0.2, 0) is 9.47 Å². The zero-order valence-electron chi connectivity index (χ0n) is 13.4. The number of hydrogen-bond donors (Lipinski definition) is 4. The van der Waals surface area contributed by atoms with Gasteiger partial charge in [0.1, 0.15) is 36.2 Å². The standard InChI is InChI=1S/C15H22N4O5/c1-3-23-8(2)15(16)9-4-5-19(13(9)17-7-18-15)14-12(22)11(21)10(6-20)24-14/h4,7,10-12,14,20-22H,2-3,5-6,16H2,1H3/t10-,11-,12-,14-,15?/m1/s1. The van der Waals surface area contributed by atoms with E-state index >= 15 is 0 Å². The zero-order chi connectivity index (χ0) is 17.5. The van der Waals surface area contributed by atoms with Crippen molar-refractivity contribution < 1.29 is 24.8 Å². The summed E-state index contributed by atoms with van der Waals surface area (Å²) in [4.78, 5) is 10.1. The topological polar surface area (TPSA) is 133 Å². The summed E-state index contributed by atoms with van der Waals surface area (Å²) < 4.78 is 11.0. The van der Waals surface area contributed by atoms with E-state index in [1.165, 1.54) is 6.34 Å². The Hall–Kier alpha value is -1.78. The van der Waals surface area contributed by atoms with E-state index in [4.69, 9.17) is 15.2 Å². The highest BCUT2D eigenvalue weighted by atomic mass is 16.6. The second-order valence-electron chi connectivity index (χ2n) is 5.82. The SMILES string of the molecule is C=C(OCC)C1(N)N=CN=C2C1=CCN2[C@@H]1O[C@H](CO)[C@@H](O)[C@H]1O. The van der Waals surface area contributed by atoms with Crippen LogP contribution in [0.5, 0.6) is 0 Å². The molecule has 1 saturated heterocycles. The summed E-state index contributed by atoms with van der Waals surface area (Å²) in [6, 6.07) is 0. The highest BCUT2D eigenvalue weighted by molar-refractivity contribution is 6.08. The molecule has 0 spiro atoms. The quantitative estimate of drug-likeness (QED) is 0.440. The molecule has 0 aromatic carbocycles. The van der Waals surface area contributed by atoms with Crippen molar-refractivity contribution in [3.05, 3.63) is 24.0 Å². The Balaban J connectivity index is 1.84. The lowest BCUT2D eigenvalue weighted by Gasteiger charge is -2.34. The number of rotatable bonds is 5. The van der Waals surface area contributed by atoms with Crippen molar-refractivity contribution in [2.24, 2.45) is 15.7 Å². The van der Waals surface area contributed by atoms with Crippen LogP contribution in [0.2, 0.25) is 0 Å². The number of aliphatic hydroxyl groups excluding tert-OH is 3. The fourth-order valence-electron chi connectivity index (χ4n) is 3.10. The van der Waals surface area contributed by atoms with E-state index in [9.17, 15) is 15.3 Å². The third-order valence-corrected chi connectivity index (χ3v) is 4.43. The lowest BCUT2D eigenvalue weighted by molar-refractivity contribution is -0.0672. The number of nitrogens with zero attached hydrogens (tertiary/aromatic N) is 3. The number of nitrogens with two attached hydrogens (primary N) is 1. The summed E-state index contributed by atoms with van der Waals surface area (Å²) in [5.74, 6) is 0.770. The van der Waals surface area contributed by atoms with Crippen LogP contribution < -0.4 is 5.73 Å². The van der Waals surface area contributed by atoms with E-state index in [0.717, 1.165) is 0 Å². The van der Waals surface area contributed by atoms with Crippen LogP contribution in [0.3, 0.4) is 0 Å². The number of hydrogen-bond acceptors (Lipinski definition) is 9. The van der Waals surface area contributed by atoms with Gasteiger partial charge in [0, 0.05) is 12.1 Å². The fraction of sp³-hybridized carbons (Fsp3) is 0.600. The van der Waals surface area contributed by atoms with Crippen molar-refractivity contribution in [3.8, 4) is 0 Å². The molecule has 24 heavy (non-hydrogen) atoms. The summed E-state index contributed by atoms with van der Waals surface area (Å²) in [6.45, 7) is 6.05. The van der Waals surface area contributed by atoms with Gasteiger partial charge in [-0.05, 0) is 6.92 Å². The number of amidine groups is 1. The number of fused-ring (bicyclic) bond motifs is 1. The van der Waals surface area contributed by atoms with E-state index in [-0.39, 0.29) is 0 Å². The third-order valence-electron chi connectivity index (χ3n) is 4.43. The van der Waals surface area contributed by atoms with Crippen LogP contribution >= 0.6 is 0 Å². The summed E-state index contributed by atoms with van der Waals surface area (Å²) in [6.07, 6.45) is -0.930. The summed E-state index contributed by atoms with van der Waals surface area (Å²) in [5.41, 5.74) is 5.69. The molecular formula is C15H22N4O5. The van der Waals surface area contributed by atoms with Crippen molar-refractivity contribution in [3.63, 3.8) is 0 Å². The lowest BCUT2D eigenvalue weighted by Crippen LogP contribution is -2.51. The van der Waals surface area contributed by atoms with Gasteiger partial charge in [-0.25, -0.2) is 9.98 Å². The zero-order valence-corrected chi connectivity index (χ0v) is 13.4. The van der Waals surface area contributed by atoms with Gasteiger partial charge in [-0.1, -0.05) is 12.7 Å². The van der Waals surface area contributed by atoms with E-state index in [1.54, 1.807) is 4.90 Å². The van der Waals surface area contributed by atoms with Crippen LogP contribution in [0.4, 0.5) is 0 Å². The van der Waals surface area contributed by atoms with Gasteiger partial charge in [-0.2, -0.15) is 0 Å². The Morgan fingerprint density at radius 1 is 1.54 bits per heavy atom. The molecule has 3 aliphatic rings. The van der Waals surface area contributed by atoms with E-state index in [0.29, 0.717) is 30.3 Å². The molecule has 3 aliphatic heterocycles. The van der Waals surface area contributed by atoms with Crippen molar-refractivity contribution >= 4 is 12.2 Å². The Morgan fingerprint density at radius 3 is 2.92 bits per heavy atom. The van der Waals surface area contributed by atoms with Crippen LogP contribution in [-0.4, -0.2) is 82.4 Å². The maximum Gasteiger partial charge on any atom is 0.196 e. The normalized spacial score (nSPS) is 38.0. The average Bonchev–Trinajstić information content (AvgIpc) is 3.11. The summed E-state index contributed by atoms with van der Waals surface area (Å²) in [7, 11) is 0. The smallest absolute Gasteiger partial charge is 0.196 e. The molecule has 9 heteroatoms. The second kappa shape index (κ2) is 6.26. The molecule has 0 aliphatic carbocycles. The minimum absolute atomic E-state index is 0.294. The summed E-state index contributed by atoms with van der Waals surface area (Å²) in [5, 5.41) is 29.4. The molecule has 5 N–H and O–H groups in total. The van der Waals surface area contributed by atoms with Crippen molar-refractivity contribution in [1.29, 1.82) is 0 Å². The molecule has 0 radical (unpaired) electrons. The van der Waals surface area contributed by atoms with Crippen LogP contribution in [0.25, 0.3) is 0 Å². The lowest BCUT2D eigenvalue weighted by atomic mass is 9.98. The highest BCUT2D eigenvalue weighted by Gasteiger charge is 2.50.